The van der Waals surface area contributed by atoms with Gasteiger partial charge < -0.3 is 5.11 Å². The highest BCUT2D eigenvalue weighted by atomic mass is 16.3. The molecular formula is C14H24O2. The number of hydrogen-bond donors (Lipinski definition) is 1. The molecule has 0 aromatic rings. The summed E-state index contributed by atoms with van der Waals surface area (Å²) >= 11 is 0. The fourth-order valence-electron chi connectivity index (χ4n) is 2.31. The molecule has 0 aromatic heterocycles. The first-order chi connectivity index (χ1) is 7.72. The van der Waals surface area contributed by atoms with Crippen molar-refractivity contribution in [3.05, 3.63) is 12.2 Å². The van der Waals surface area contributed by atoms with Crippen LogP contribution >= 0.6 is 0 Å². The number of allylic oxidation sites excluding steroid dienone is 2. The maximum Gasteiger partial charge on any atom is 0.157 e. The molecule has 1 fully saturated rings. The monoisotopic (exact) mass is 224 g/mol. The first-order valence-corrected chi connectivity index (χ1v) is 6.61. The lowest BCUT2D eigenvalue weighted by atomic mass is 9.89. The van der Waals surface area contributed by atoms with E-state index >= 15 is 0 Å². The molecule has 0 amide bonds. The van der Waals surface area contributed by atoms with E-state index in [0.717, 1.165) is 12.8 Å². The first-order valence-electron chi connectivity index (χ1n) is 6.61. The highest BCUT2D eigenvalue weighted by molar-refractivity contribution is 5.89. The maximum atomic E-state index is 11.5. The van der Waals surface area contributed by atoms with E-state index in [1.165, 1.54) is 32.1 Å². The summed E-state index contributed by atoms with van der Waals surface area (Å²) in [6.07, 6.45) is 11.6. The number of carbonyl (C=O) groups excluding carboxylic acids is 1. The largest absolute Gasteiger partial charge is 0.393 e. The molecule has 0 spiro atoms. The van der Waals surface area contributed by atoms with Crippen LogP contribution in [0.3, 0.4) is 0 Å². The van der Waals surface area contributed by atoms with E-state index in [0.29, 0.717) is 5.92 Å². The number of hydrogen-bond acceptors (Lipinski definition) is 2. The zero-order valence-electron chi connectivity index (χ0n) is 10.3. The van der Waals surface area contributed by atoms with Crippen molar-refractivity contribution < 1.29 is 9.90 Å². The van der Waals surface area contributed by atoms with E-state index < -0.39 is 6.10 Å². The Hall–Kier alpha value is -0.630. The molecule has 1 N–H and O–H groups in total. The lowest BCUT2D eigenvalue weighted by molar-refractivity contribution is -0.116. The minimum absolute atomic E-state index is 0.0755. The van der Waals surface area contributed by atoms with E-state index in [1.54, 1.807) is 6.08 Å². The molecule has 2 nitrogen and oxygen atoms in total. The molecule has 1 saturated carbocycles. The summed E-state index contributed by atoms with van der Waals surface area (Å²) in [7, 11) is 0. The van der Waals surface area contributed by atoms with E-state index in [-0.39, 0.29) is 12.2 Å². The van der Waals surface area contributed by atoms with Crippen molar-refractivity contribution in [3.63, 3.8) is 0 Å². The van der Waals surface area contributed by atoms with Crippen molar-refractivity contribution in [1.82, 2.24) is 0 Å². The molecule has 0 saturated heterocycles. The average molecular weight is 224 g/mol. The van der Waals surface area contributed by atoms with Crippen LogP contribution in [0.4, 0.5) is 0 Å². The Morgan fingerprint density at radius 1 is 1.38 bits per heavy atom. The van der Waals surface area contributed by atoms with Gasteiger partial charge in [0.05, 0.1) is 6.10 Å². The van der Waals surface area contributed by atoms with E-state index in [4.69, 9.17) is 0 Å². The van der Waals surface area contributed by atoms with Gasteiger partial charge in [-0.1, -0.05) is 38.7 Å². The fourth-order valence-corrected chi connectivity index (χ4v) is 2.31. The van der Waals surface area contributed by atoms with E-state index in [2.05, 4.69) is 6.08 Å². The SMILES string of the molecule is CCCC(O)CC(=O)/C=C/C1CCCCC1. The minimum atomic E-state index is -0.450. The predicted molar refractivity (Wildman–Crippen MR) is 66.3 cm³/mol. The van der Waals surface area contributed by atoms with Crippen LogP contribution < -0.4 is 0 Å². The molecule has 0 aromatic carbocycles. The number of rotatable bonds is 6. The average Bonchev–Trinajstić information content (AvgIpc) is 2.28. The Morgan fingerprint density at radius 3 is 2.69 bits per heavy atom. The smallest absolute Gasteiger partial charge is 0.157 e. The van der Waals surface area contributed by atoms with Crippen LogP contribution in [0.2, 0.25) is 0 Å². The fraction of sp³-hybridized carbons (Fsp3) is 0.786. The molecule has 1 atom stereocenters. The van der Waals surface area contributed by atoms with Crippen LogP contribution in [0.25, 0.3) is 0 Å². The van der Waals surface area contributed by atoms with Gasteiger partial charge >= 0.3 is 0 Å². The van der Waals surface area contributed by atoms with Crippen LogP contribution in [-0.2, 0) is 4.79 Å². The highest BCUT2D eigenvalue weighted by Gasteiger charge is 2.11. The van der Waals surface area contributed by atoms with Gasteiger partial charge in [0.15, 0.2) is 5.78 Å². The maximum absolute atomic E-state index is 11.5. The molecule has 1 aliphatic carbocycles. The number of ketones is 1. The van der Waals surface area contributed by atoms with Gasteiger partial charge in [-0.15, -0.1) is 0 Å². The summed E-state index contributed by atoms with van der Waals surface area (Å²) in [4.78, 5) is 11.5. The third-order valence-corrected chi connectivity index (χ3v) is 3.26. The summed E-state index contributed by atoms with van der Waals surface area (Å²) in [6, 6.07) is 0. The van der Waals surface area contributed by atoms with Crippen molar-refractivity contribution in [1.29, 1.82) is 0 Å². The van der Waals surface area contributed by atoms with Crippen LogP contribution in [-0.4, -0.2) is 17.0 Å². The van der Waals surface area contributed by atoms with Crippen molar-refractivity contribution in [2.75, 3.05) is 0 Å². The van der Waals surface area contributed by atoms with Gasteiger partial charge in [0.1, 0.15) is 0 Å². The van der Waals surface area contributed by atoms with Gasteiger partial charge in [0, 0.05) is 6.42 Å². The van der Waals surface area contributed by atoms with E-state index in [1.807, 2.05) is 6.92 Å². The lowest BCUT2D eigenvalue weighted by Gasteiger charge is -2.17. The highest BCUT2D eigenvalue weighted by Crippen LogP contribution is 2.24. The van der Waals surface area contributed by atoms with Crippen LogP contribution in [0.5, 0.6) is 0 Å². The van der Waals surface area contributed by atoms with Gasteiger partial charge in [-0.3, -0.25) is 4.79 Å². The Labute approximate surface area is 98.7 Å². The normalized spacial score (nSPS) is 20.1. The first kappa shape index (κ1) is 13.4. The molecule has 1 aliphatic rings. The molecule has 0 aliphatic heterocycles. The van der Waals surface area contributed by atoms with E-state index in [9.17, 15) is 9.90 Å². The van der Waals surface area contributed by atoms with Crippen molar-refractivity contribution in [2.45, 2.75) is 64.4 Å². The van der Waals surface area contributed by atoms with Crippen molar-refractivity contribution in [3.8, 4) is 0 Å². The van der Waals surface area contributed by atoms with Gasteiger partial charge in [0.2, 0.25) is 0 Å². The molecule has 0 bridgehead atoms. The third-order valence-electron chi connectivity index (χ3n) is 3.26. The molecule has 92 valence electrons. The summed E-state index contributed by atoms with van der Waals surface area (Å²) in [5.74, 6) is 0.674. The Morgan fingerprint density at radius 2 is 2.06 bits per heavy atom. The van der Waals surface area contributed by atoms with Crippen molar-refractivity contribution >= 4 is 5.78 Å². The minimum Gasteiger partial charge on any atom is -0.393 e. The quantitative estimate of drug-likeness (QED) is 0.703. The van der Waals surface area contributed by atoms with Crippen molar-refractivity contribution in [2.24, 2.45) is 5.92 Å². The van der Waals surface area contributed by atoms with Crippen LogP contribution in [0.15, 0.2) is 12.2 Å². The molecule has 2 heteroatoms. The van der Waals surface area contributed by atoms with Gasteiger partial charge in [0.25, 0.3) is 0 Å². The summed E-state index contributed by atoms with van der Waals surface area (Å²) in [5.41, 5.74) is 0. The zero-order chi connectivity index (χ0) is 11.8. The van der Waals surface area contributed by atoms with Gasteiger partial charge in [-0.05, 0) is 31.3 Å². The predicted octanol–water partition coefficient (Wildman–Crippen LogP) is 3.24. The van der Waals surface area contributed by atoms with Crippen LogP contribution in [0.1, 0.15) is 58.3 Å². The van der Waals surface area contributed by atoms with Gasteiger partial charge in [-0.25, -0.2) is 0 Å². The molecule has 0 heterocycles. The summed E-state index contributed by atoms with van der Waals surface area (Å²) in [5, 5.41) is 9.50. The molecule has 1 unspecified atom stereocenters. The number of aliphatic hydroxyl groups excluding tert-OH is 1. The zero-order valence-corrected chi connectivity index (χ0v) is 10.3. The Balaban J connectivity index is 2.24. The topological polar surface area (TPSA) is 37.3 Å². The molecular weight excluding hydrogens is 200 g/mol. The second-order valence-corrected chi connectivity index (χ2v) is 4.87. The third kappa shape index (κ3) is 5.45. The Kier molecular flexibility index (Phi) is 6.39. The molecule has 1 rings (SSSR count). The lowest BCUT2D eigenvalue weighted by Crippen LogP contribution is -2.11. The standard InChI is InChI=1S/C14H24O2/c1-2-6-13(15)11-14(16)10-9-12-7-4-3-5-8-12/h9-10,12-13,15H,2-8,11H2,1H3/b10-9+. The summed E-state index contributed by atoms with van der Waals surface area (Å²) in [6.45, 7) is 2.02. The molecule has 16 heavy (non-hydrogen) atoms. The second-order valence-electron chi connectivity index (χ2n) is 4.87. The summed E-state index contributed by atoms with van der Waals surface area (Å²) < 4.78 is 0. The number of aliphatic hydroxyl groups is 1. The second kappa shape index (κ2) is 7.61. The van der Waals surface area contributed by atoms with Crippen LogP contribution in [0, 0.1) is 5.92 Å². The Bertz CT molecular complexity index is 227. The molecule has 0 radical (unpaired) electrons. The number of carbonyl (C=O) groups is 1. The van der Waals surface area contributed by atoms with Gasteiger partial charge in [-0.2, -0.15) is 0 Å².